The average molecular weight is 496 g/mol. The Kier molecular flexibility index (Phi) is 5.66. The molecule has 5 atom stereocenters. The average Bonchev–Trinajstić information content (AvgIpc) is 3.58. The van der Waals surface area contributed by atoms with Crippen LogP contribution in [-0.2, 0) is 28.5 Å². The van der Waals surface area contributed by atoms with Crippen LogP contribution < -0.4 is 5.43 Å². The van der Waals surface area contributed by atoms with Crippen LogP contribution in [0.1, 0.15) is 69.8 Å². The standard InChI is InChI=1S/C27H33N3O6/c31-24(30-29-16-17-15-28-19-10-4-3-9-18(17)19)22-20-21(34-26(33-20)11-5-1-6-12-26)23-25(32-22)36-27(35-23)13-7-2-8-14-27/h3-4,9-10,15-16,20-23,25,28H,1-2,5-8,11-14H2,(H,30,31)/b29-16+. The quantitative estimate of drug-likeness (QED) is 0.495. The number of nitrogens with zero attached hydrogens (tertiary/aromatic N) is 1. The van der Waals surface area contributed by atoms with E-state index in [1.165, 1.54) is 12.8 Å². The molecule has 5 fully saturated rings. The molecule has 9 nitrogen and oxygen atoms in total. The van der Waals surface area contributed by atoms with E-state index in [4.69, 9.17) is 23.7 Å². The number of rotatable bonds is 3. The molecule has 2 aromatic rings. The summed E-state index contributed by atoms with van der Waals surface area (Å²) in [6, 6.07) is 7.95. The van der Waals surface area contributed by atoms with Gasteiger partial charge in [0.05, 0.1) is 6.21 Å². The van der Waals surface area contributed by atoms with Crippen LogP contribution in [0.2, 0.25) is 0 Å². The normalized spacial score (nSPS) is 34.8. The summed E-state index contributed by atoms with van der Waals surface area (Å²) in [4.78, 5) is 16.6. The van der Waals surface area contributed by atoms with Gasteiger partial charge in [0, 0.05) is 48.3 Å². The minimum atomic E-state index is -0.903. The van der Waals surface area contributed by atoms with E-state index < -0.39 is 42.3 Å². The Morgan fingerprint density at radius 1 is 0.889 bits per heavy atom. The minimum Gasteiger partial charge on any atom is -0.361 e. The third-order valence-electron chi connectivity index (χ3n) is 8.37. The number of carbonyl (C=O) groups is 1. The number of aromatic nitrogens is 1. The van der Waals surface area contributed by atoms with Crippen molar-refractivity contribution in [1.82, 2.24) is 10.4 Å². The van der Waals surface area contributed by atoms with Crippen molar-refractivity contribution in [2.45, 2.75) is 106 Å². The lowest BCUT2D eigenvalue weighted by molar-refractivity contribution is -0.247. The summed E-state index contributed by atoms with van der Waals surface area (Å²) in [7, 11) is 0. The second-order valence-electron chi connectivity index (χ2n) is 10.8. The lowest BCUT2D eigenvalue weighted by atomic mass is 9.94. The summed E-state index contributed by atoms with van der Waals surface area (Å²) >= 11 is 0. The Hall–Kier alpha value is -2.30. The number of hydrogen-bond donors (Lipinski definition) is 2. The van der Waals surface area contributed by atoms with Crippen LogP contribution in [0.15, 0.2) is 35.6 Å². The van der Waals surface area contributed by atoms with E-state index in [1.54, 1.807) is 6.21 Å². The van der Waals surface area contributed by atoms with Gasteiger partial charge < -0.3 is 28.7 Å². The molecule has 5 unspecified atom stereocenters. The van der Waals surface area contributed by atoms with Crippen LogP contribution in [0.25, 0.3) is 10.9 Å². The maximum atomic E-state index is 13.4. The highest BCUT2D eigenvalue weighted by Gasteiger charge is 2.65. The molecule has 36 heavy (non-hydrogen) atoms. The highest BCUT2D eigenvalue weighted by Crippen LogP contribution is 2.50. The topological polar surface area (TPSA) is 103 Å². The summed E-state index contributed by atoms with van der Waals surface area (Å²) < 4.78 is 32.3. The second kappa shape index (κ2) is 8.92. The number of aromatic amines is 1. The molecular formula is C27H33N3O6. The zero-order chi connectivity index (χ0) is 24.2. The van der Waals surface area contributed by atoms with Gasteiger partial charge in [0.1, 0.15) is 18.3 Å². The van der Waals surface area contributed by atoms with Crippen LogP contribution in [0, 0.1) is 0 Å². The first kappa shape index (κ1) is 22.9. The van der Waals surface area contributed by atoms with Gasteiger partial charge in [-0.3, -0.25) is 4.79 Å². The van der Waals surface area contributed by atoms with E-state index >= 15 is 0 Å². The highest BCUT2D eigenvalue weighted by atomic mass is 16.9. The SMILES string of the molecule is O=C(N/N=C/c1c[nH]c2ccccc12)C1OC2OC3(CCCCC3)OC2C2OC3(CCCCC3)OC12. The smallest absolute Gasteiger partial charge is 0.272 e. The van der Waals surface area contributed by atoms with Gasteiger partial charge in [0.25, 0.3) is 5.91 Å². The number of H-pyrrole nitrogens is 1. The van der Waals surface area contributed by atoms with Crippen molar-refractivity contribution in [3.05, 3.63) is 36.0 Å². The Morgan fingerprint density at radius 2 is 1.56 bits per heavy atom. The molecule has 5 aliphatic rings. The van der Waals surface area contributed by atoms with Crippen molar-refractivity contribution >= 4 is 23.0 Å². The second-order valence-corrected chi connectivity index (χ2v) is 10.8. The van der Waals surface area contributed by atoms with Gasteiger partial charge in [-0.2, -0.15) is 5.10 Å². The van der Waals surface area contributed by atoms with E-state index in [1.807, 2.05) is 30.5 Å². The van der Waals surface area contributed by atoms with Crippen molar-refractivity contribution in [3.63, 3.8) is 0 Å². The number of fused-ring (bicyclic) bond motifs is 4. The molecule has 2 aliphatic carbocycles. The van der Waals surface area contributed by atoms with E-state index in [-0.39, 0.29) is 5.91 Å². The molecule has 0 bridgehead atoms. The number of hydrazone groups is 1. The molecule has 1 aromatic carbocycles. The molecule has 7 rings (SSSR count). The third-order valence-corrected chi connectivity index (χ3v) is 8.37. The van der Waals surface area contributed by atoms with Gasteiger partial charge >= 0.3 is 0 Å². The predicted octanol–water partition coefficient (Wildman–Crippen LogP) is 3.86. The first-order valence-electron chi connectivity index (χ1n) is 13.4. The van der Waals surface area contributed by atoms with Crippen molar-refractivity contribution in [3.8, 4) is 0 Å². The summed E-state index contributed by atoms with van der Waals surface area (Å²) in [5.41, 5.74) is 4.57. The maximum absolute atomic E-state index is 13.4. The van der Waals surface area contributed by atoms with Gasteiger partial charge in [0.15, 0.2) is 24.0 Å². The number of hydrogen-bond acceptors (Lipinski definition) is 7. The molecule has 2 N–H and O–H groups in total. The zero-order valence-corrected chi connectivity index (χ0v) is 20.3. The van der Waals surface area contributed by atoms with E-state index in [0.29, 0.717) is 0 Å². The lowest BCUT2D eigenvalue weighted by Gasteiger charge is -2.36. The van der Waals surface area contributed by atoms with Gasteiger partial charge in [-0.1, -0.05) is 31.0 Å². The predicted molar refractivity (Wildman–Crippen MR) is 130 cm³/mol. The van der Waals surface area contributed by atoms with Crippen LogP contribution in [0.4, 0.5) is 0 Å². The molecule has 2 spiro atoms. The van der Waals surface area contributed by atoms with Crippen LogP contribution >= 0.6 is 0 Å². The molecule has 9 heteroatoms. The third kappa shape index (κ3) is 3.88. The van der Waals surface area contributed by atoms with E-state index in [0.717, 1.165) is 67.8 Å². The fraction of sp³-hybridized carbons (Fsp3) is 0.630. The molecule has 0 radical (unpaired) electrons. The summed E-state index contributed by atoms with van der Waals surface area (Å²) in [5.74, 6) is -1.70. The number of benzene rings is 1. The Labute approximate surface area is 209 Å². The minimum absolute atomic E-state index is 0.371. The van der Waals surface area contributed by atoms with Crippen molar-refractivity contribution in [2.75, 3.05) is 0 Å². The number of para-hydroxylation sites is 1. The van der Waals surface area contributed by atoms with Gasteiger partial charge in [0.2, 0.25) is 0 Å². The maximum Gasteiger partial charge on any atom is 0.272 e. The zero-order valence-electron chi connectivity index (χ0n) is 20.3. The monoisotopic (exact) mass is 495 g/mol. The molecule has 2 saturated carbocycles. The lowest BCUT2D eigenvalue weighted by Crippen LogP contribution is -2.59. The molecular weight excluding hydrogens is 462 g/mol. The Morgan fingerprint density at radius 3 is 2.33 bits per heavy atom. The molecule has 4 heterocycles. The van der Waals surface area contributed by atoms with E-state index in [2.05, 4.69) is 15.5 Å². The highest BCUT2D eigenvalue weighted by molar-refractivity contribution is 5.99. The first-order valence-corrected chi connectivity index (χ1v) is 13.4. The molecule has 3 saturated heterocycles. The van der Waals surface area contributed by atoms with Crippen LogP contribution in [-0.4, -0.2) is 59.4 Å². The number of ether oxygens (including phenoxy) is 5. The Bertz CT molecular complexity index is 1150. The molecule has 3 aliphatic heterocycles. The summed E-state index contributed by atoms with van der Waals surface area (Å²) in [6.07, 6.45) is 10.4. The van der Waals surface area contributed by atoms with Crippen molar-refractivity contribution in [1.29, 1.82) is 0 Å². The van der Waals surface area contributed by atoms with Crippen molar-refractivity contribution in [2.24, 2.45) is 5.10 Å². The largest absolute Gasteiger partial charge is 0.361 e. The van der Waals surface area contributed by atoms with Crippen LogP contribution in [0.3, 0.4) is 0 Å². The molecule has 1 aromatic heterocycles. The molecule has 192 valence electrons. The van der Waals surface area contributed by atoms with Crippen LogP contribution in [0.5, 0.6) is 0 Å². The van der Waals surface area contributed by atoms with Crippen molar-refractivity contribution < 1.29 is 28.5 Å². The first-order chi connectivity index (χ1) is 17.6. The summed E-state index contributed by atoms with van der Waals surface area (Å²) in [6.45, 7) is 0. The van der Waals surface area contributed by atoms with E-state index in [9.17, 15) is 4.79 Å². The summed E-state index contributed by atoms with van der Waals surface area (Å²) in [5, 5.41) is 5.27. The number of nitrogens with one attached hydrogen (secondary N) is 2. The molecule has 1 amide bonds. The van der Waals surface area contributed by atoms with Gasteiger partial charge in [-0.05, 0) is 31.7 Å². The van der Waals surface area contributed by atoms with Gasteiger partial charge in [-0.25, -0.2) is 5.43 Å². The fourth-order valence-corrected chi connectivity index (χ4v) is 6.60. The van der Waals surface area contributed by atoms with Gasteiger partial charge in [-0.15, -0.1) is 0 Å². The number of amides is 1. The number of carbonyl (C=O) groups excluding carboxylic acids is 1. The Balaban J connectivity index is 1.12. The fourth-order valence-electron chi connectivity index (χ4n) is 6.60.